The molecule has 2 amide bonds. The zero-order chi connectivity index (χ0) is 26.0. The van der Waals surface area contributed by atoms with Crippen molar-refractivity contribution in [2.24, 2.45) is 0 Å². The number of ether oxygens (including phenoxy) is 1. The molecule has 3 aromatic carbocycles. The first-order valence-electron chi connectivity index (χ1n) is 12.7. The highest BCUT2D eigenvalue weighted by Gasteiger charge is 2.28. The van der Waals surface area contributed by atoms with Crippen molar-refractivity contribution in [1.29, 1.82) is 0 Å². The van der Waals surface area contributed by atoms with Crippen LogP contribution in [0.3, 0.4) is 0 Å². The quantitative estimate of drug-likeness (QED) is 0.333. The van der Waals surface area contributed by atoms with Crippen LogP contribution in [0.1, 0.15) is 48.3 Å². The summed E-state index contributed by atoms with van der Waals surface area (Å²) in [5.74, 6) is -1.01. The van der Waals surface area contributed by atoms with Crippen LogP contribution in [0.2, 0.25) is 0 Å². The Bertz CT molecular complexity index is 1180. The fraction of sp³-hybridized carbons (Fsp3) is 0.300. The number of aliphatic carboxylic acids is 1. The van der Waals surface area contributed by atoms with Crippen LogP contribution in [0, 0.1) is 0 Å². The van der Waals surface area contributed by atoms with Gasteiger partial charge in [-0.3, -0.25) is 9.59 Å². The summed E-state index contributed by atoms with van der Waals surface area (Å²) in [7, 11) is 0. The Kier molecular flexibility index (Phi) is 8.92. The fourth-order valence-electron chi connectivity index (χ4n) is 4.73. The summed E-state index contributed by atoms with van der Waals surface area (Å²) >= 11 is 0. The molecule has 0 bridgehead atoms. The van der Waals surface area contributed by atoms with E-state index in [0.717, 1.165) is 16.7 Å². The highest BCUT2D eigenvalue weighted by molar-refractivity contribution is 5.79. The van der Waals surface area contributed by atoms with E-state index in [1.807, 2.05) is 54.6 Å². The molecule has 192 valence electrons. The van der Waals surface area contributed by atoms with Gasteiger partial charge >= 0.3 is 12.1 Å². The topological polar surface area (TPSA) is 95.9 Å². The summed E-state index contributed by atoms with van der Waals surface area (Å²) in [6, 6.07) is 25.9. The van der Waals surface area contributed by atoms with Crippen LogP contribution >= 0.6 is 0 Å². The van der Waals surface area contributed by atoms with Crippen molar-refractivity contribution in [3.63, 3.8) is 0 Å². The molecule has 0 saturated heterocycles. The summed E-state index contributed by atoms with van der Waals surface area (Å²) in [6.07, 6.45) is 0.927. The molecule has 0 atom stereocenters. The normalized spacial score (nSPS) is 11.9. The van der Waals surface area contributed by atoms with E-state index in [4.69, 9.17) is 9.84 Å². The van der Waals surface area contributed by atoms with Crippen LogP contribution < -0.4 is 5.32 Å². The maximum absolute atomic E-state index is 12.7. The highest BCUT2D eigenvalue weighted by atomic mass is 16.5. The largest absolute Gasteiger partial charge is 0.481 e. The van der Waals surface area contributed by atoms with Crippen molar-refractivity contribution < 1.29 is 24.2 Å². The van der Waals surface area contributed by atoms with Gasteiger partial charge in [-0.05, 0) is 40.7 Å². The molecule has 1 aliphatic rings. The van der Waals surface area contributed by atoms with E-state index >= 15 is 0 Å². The Balaban J connectivity index is 1.19. The van der Waals surface area contributed by atoms with Gasteiger partial charge in [-0.15, -0.1) is 0 Å². The molecule has 1 aliphatic carbocycles. The van der Waals surface area contributed by atoms with E-state index in [1.165, 1.54) is 11.1 Å². The van der Waals surface area contributed by atoms with Crippen molar-refractivity contribution in [3.8, 4) is 11.1 Å². The predicted molar refractivity (Wildman–Crippen MR) is 141 cm³/mol. The van der Waals surface area contributed by atoms with E-state index in [9.17, 15) is 14.4 Å². The number of carboxylic acids is 1. The minimum atomic E-state index is -0.932. The van der Waals surface area contributed by atoms with Gasteiger partial charge in [-0.2, -0.15) is 0 Å². The monoisotopic (exact) mass is 500 g/mol. The van der Waals surface area contributed by atoms with Crippen molar-refractivity contribution >= 4 is 18.0 Å². The second-order valence-corrected chi connectivity index (χ2v) is 9.15. The Labute approximate surface area is 217 Å². The van der Waals surface area contributed by atoms with Gasteiger partial charge in [0, 0.05) is 32.0 Å². The van der Waals surface area contributed by atoms with Gasteiger partial charge in [0.15, 0.2) is 0 Å². The first-order chi connectivity index (χ1) is 18.0. The zero-order valence-electron chi connectivity index (χ0n) is 20.8. The van der Waals surface area contributed by atoms with E-state index in [0.29, 0.717) is 32.4 Å². The Morgan fingerprint density at radius 2 is 1.43 bits per heavy atom. The molecule has 7 nitrogen and oxygen atoms in total. The third-order valence-electron chi connectivity index (χ3n) is 6.59. The molecule has 0 fully saturated rings. The molecule has 0 aliphatic heterocycles. The SMILES string of the molecule is O=C(O)CCN(Cc1ccccc1)C(=O)CCCCNC(=O)OCC1c2ccccc2-c2ccccc21. The van der Waals surface area contributed by atoms with Gasteiger partial charge in [0.05, 0.1) is 6.42 Å². The summed E-state index contributed by atoms with van der Waals surface area (Å²) in [6.45, 7) is 1.21. The number of hydrogen-bond acceptors (Lipinski definition) is 4. The van der Waals surface area contributed by atoms with Gasteiger partial charge in [0.25, 0.3) is 0 Å². The number of fused-ring (bicyclic) bond motifs is 3. The molecule has 37 heavy (non-hydrogen) atoms. The molecule has 0 radical (unpaired) electrons. The third kappa shape index (κ3) is 6.97. The van der Waals surface area contributed by atoms with Crippen molar-refractivity contribution in [3.05, 3.63) is 95.6 Å². The summed E-state index contributed by atoms with van der Waals surface area (Å²) in [5, 5.41) is 11.8. The molecule has 0 spiro atoms. The number of carbonyl (C=O) groups is 3. The lowest BCUT2D eigenvalue weighted by atomic mass is 9.98. The number of hydrogen-bond donors (Lipinski definition) is 2. The van der Waals surface area contributed by atoms with E-state index in [1.54, 1.807) is 4.90 Å². The number of carboxylic acid groups (broad SMARTS) is 1. The van der Waals surface area contributed by atoms with Crippen LogP contribution in [-0.2, 0) is 20.9 Å². The van der Waals surface area contributed by atoms with Crippen molar-refractivity contribution in [1.82, 2.24) is 10.2 Å². The zero-order valence-corrected chi connectivity index (χ0v) is 20.8. The van der Waals surface area contributed by atoms with Crippen LogP contribution in [0.15, 0.2) is 78.9 Å². The van der Waals surface area contributed by atoms with E-state index in [-0.39, 0.29) is 31.4 Å². The second kappa shape index (κ2) is 12.7. The molecule has 0 saturated carbocycles. The predicted octanol–water partition coefficient (Wildman–Crippen LogP) is 5.20. The lowest BCUT2D eigenvalue weighted by Gasteiger charge is -2.22. The average molecular weight is 501 g/mol. The first-order valence-corrected chi connectivity index (χ1v) is 12.7. The number of nitrogens with one attached hydrogen (secondary N) is 1. The molecule has 0 heterocycles. The standard InChI is InChI=1S/C30H32N2O5/c33-28(32(19-17-29(34)35)20-22-10-2-1-3-11-22)16-8-9-18-31-30(36)37-21-27-25-14-6-4-12-23(25)24-13-5-7-15-26(24)27/h1-7,10-15,27H,8-9,16-21H2,(H,31,36)(H,34,35). The van der Waals surface area contributed by atoms with Crippen molar-refractivity contribution in [2.45, 2.75) is 38.1 Å². The molecular weight excluding hydrogens is 468 g/mol. The van der Waals surface area contributed by atoms with Crippen molar-refractivity contribution in [2.75, 3.05) is 19.7 Å². The van der Waals surface area contributed by atoms with Crippen LogP contribution in [0.25, 0.3) is 11.1 Å². The highest BCUT2D eigenvalue weighted by Crippen LogP contribution is 2.44. The van der Waals surface area contributed by atoms with Gasteiger partial charge in [-0.1, -0.05) is 78.9 Å². The number of rotatable bonds is 12. The Morgan fingerprint density at radius 3 is 2.08 bits per heavy atom. The molecule has 2 N–H and O–H groups in total. The van der Waals surface area contributed by atoms with Crippen LogP contribution in [-0.4, -0.2) is 47.7 Å². The third-order valence-corrected chi connectivity index (χ3v) is 6.59. The number of amides is 2. The Hall–Kier alpha value is -4.13. The minimum Gasteiger partial charge on any atom is -0.481 e. The minimum absolute atomic E-state index is 0.0113. The van der Waals surface area contributed by atoms with Gasteiger partial charge in [0.2, 0.25) is 5.91 Å². The maximum Gasteiger partial charge on any atom is 0.407 e. The number of benzene rings is 3. The number of carbonyl (C=O) groups excluding carboxylic acids is 2. The van der Waals surface area contributed by atoms with Crippen LogP contribution in [0.5, 0.6) is 0 Å². The fourth-order valence-corrected chi connectivity index (χ4v) is 4.73. The molecular formula is C30H32N2O5. The number of alkyl carbamates (subject to hydrolysis) is 1. The smallest absolute Gasteiger partial charge is 0.407 e. The lowest BCUT2D eigenvalue weighted by molar-refractivity contribution is -0.138. The molecule has 3 aromatic rings. The molecule has 0 aromatic heterocycles. The van der Waals surface area contributed by atoms with E-state index in [2.05, 4.69) is 29.6 Å². The first kappa shape index (κ1) is 25.9. The average Bonchev–Trinajstić information content (AvgIpc) is 3.23. The Morgan fingerprint density at radius 1 is 0.811 bits per heavy atom. The number of nitrogens with zero attached hydrogens (tertiary/aromatic N) is 1. The molecule has 0 unspecified atom stereocenters. The van der Waals surface area contributed by atoms with Gasteiger partial charge in [0.1, 0.15) is 6.61 Å². The summed E-state index contributed by atoms with van der Waals surface area (Å²) in [4.78, 5) is 37.6. The molecule has 7 heteroatoms. The van der Waals surface area contributed by atoms with E-state index < -0.39 is 12.1 Å². The van der Waals surface area contributed by atoms with Gasteiger partial charge < -0.3 is 20.1 Å². The lowest BCUT2D eigenvalue weighted by Crippen LogP contribution is -2.32. The summed E-state index contributed by atoms with van der Waals surface area (Å²) in [5.41, 5.74) is 5.65. The maximum atomic E-state index is 12.7. The molecule has 4 rings (SSSR count). The van der Waals surface area contributed by atoms with Crippen LogP contribution in [0.4, 0.5) is 4.79 Å². The second-order valence-electron chi connectivity index (χ2n) is 9.15. The summed E-state index contributed by atoms with van der Waals surface area (Å²) < 4.78 is 5.55. The van der Waals surface area contributed by atoms with Gasteiger partial charge in [-0.25, -0.2) is 4.79 Å². The number of unbranched alkanes of at least 4 members (excludes halogenated alkanes) is 1.